The van der Waals surface area contributed by atoms with Crippen LogP contribution in [-0.2, 0) is 11.3 Å². The van der Waals surface area contributed by atoms with Gasteiger partial charge >= 0.3 is 12.1 Å². The molecule has 160 valence electrons. The summed E-state index contributed by atoms with van der Waals surface area (Å²) < 4.78 is 5.07. The smallest absolute Gasteiger partial charge is 0.412 e. The third-order valence-corrected chi connectivity index (χ3v) is 4.93. The van der Waals surface area contributed by atoms with Crippen molar-refractivity contribution in [1.29, 1.82) is 0 Å². The molecule has 1 aromatic carbocycles. The number of ether oxygens (including phenoxy) is 1. The van der Waals surface area contributed by atoms with Crippen LogP contribution in [0.2, 0.25) is 0 Å². The monoisotopic (exact) mass is 446 g/mol. The normalized spacial score (nSPS) is 10.5. The van der Waals surface area contributed by atoms with Crippen LogP contribution in [0.4, 0.5) is 16.2 Å². The van der Waals surface area contributed by atoms with Crippen molar-refractivity contribution in [2.45, 2.75) is 13.5 Å². The molecule has 0 aliphatic rings. The van der Waals surface area contributed by atoms with Crippen LogP contribution >= 0.6 is 11.3 Å². The van der Waals surface area contributed by atoms with Crippen LogP contribution in [-0.4, -0.2) is 37.2 Å². The van der Waals surface area contributed by atoms with Gasteiger partial charge in [-0.3, -0.25) is 20.2 Å². The number of hydrogen-bond acceptors (Lipinski definition) is 9. The molecule has 0 aliphatic carbocycles. The molecule has 13 heteroatoms. The SMILES string of the molecule is Cc1ccc([N+](=O)[O-])c(COC(=O)Nc2ccsc2-c2nc(C(=O)O)c(O)c(=O)[nH]2)c1. The van der Waals surface area contributed by atoms with Crippen LogP contribution in [0.15, 0.2) is 34.4 Å². The van der Waals surface area contributed by atoms with E-state index in [2.05, 4.69) is 15.3 Å². The van der Waals surface area contributed by atoms with Gasteiger partial charge in [0.05, 0.1) is 21.1 Å². The van der Waals surface area contributed by atoms with E-state index in [9.17, 15) is 29.6 Å². The number of aromatic amines is 1. The molecule has 0 unspecified atom stereocenters. The lowest BCUT2D eigenvalue weighted by molar-refractivity contribution is -0.385. The molecule has 0 saturated heterocycles. The van der Waals surface area contributed by atoms with Gasteiger partial charge in [-0.1, -0.05) is 11.6 Å². The first-order valence-electron chi connectivity index (χ1n) is 8.49. The minimum Gasteiger partial charge on any atom is -0.501 e. The first-order chi connectivity index (χ1) is 14.7. The number of aryl methyl sites for hydroxylation is 1. The Bertz CT molecular complexity index is 1250. The van der Waals surface area contributed by atoms with Crippen molar-refractivity contribution in [3.63, 3.8) is 0 Å². The van der Waals surface area contributed by atoms with Gasteiger partial charge in [-0.25, -0.2) is 14.6 Å². The van der Waals surface area contributed by atoms with Gasteiger partial charge < -0.3 is 19.9 Å². The molecule has 2 aromatic heterocycles. The molecule has 12 nitrogen and oxygen atoms in total. The summed E-state index contributed by atoms with van der Waals surface area (Å²) in [6, 6.07) is 5.87. The summed E-state index contributed by atoms with van der Waals surface area (Å²) in [5.74, 6) is -2.82. The average molecular weight is 446 g/mol. The molecule has 31 heavy (non-hydrogen) atoms. The third-order valence-electron chi connectivity index (χ3n) is 4.00. The highest BCUT2D eigenvalue weighted by atomic mass is 32.1. The zero-order valence-electron chi connectivity index (χ0n) is 15.7. The number of aromatic carboxylic acids is 1. The quantitative estimate of drug-likeness (QED) is 0.326. The van der Waals surface area contributed by atoms with Gasteiger partial charge in [0, 0.05) is 6.07 Å². The Morgan fingerprint density at radius 3 is 2.77 bits per heavy atom. The Balaban J connectivity index is 1.80. The number of nitrogens with one attached hydrogen (secondary N) is 2. The molecule has 0 radical (unpaired) electrons. The standard InChI is InChI=1S/C18H14N4O8S/c1-8-2-3-11(22(28)29)9(6-8)7-30-18(27)19-10-4-5-31-14(10)15-20-12(17(25)26)13(23)16(24)21-15/h2-6,23H,7H2,1H3,(H,19,27)(H,25,26)(H,20,21,24). The zero-order chi connectivity index (χ0) is 22.7. The first-order valence-corrected chi connectivity index (χ1v) is 9.37. The minimum absolute atomic E-state index is 0.152. The molecule has 0 saturated carbocycles. The number of anilines is 1. The molecule has 1 amide bonds. The number of aromatic nitrogens is 2. The number of hydrogen-bond donors (Lipinski definition) is 4. The van der Waals surface area contributed by atoms with Gasteiger partial charge in [0.25, 0.3) is 11.2 Å². The minimum atomic E-state index is -1.60. The Hall–Kier alpha value is -4.26. The number of rotatable bonds is 6. The summed E-state index contributed by atoms with van der Waals surface area (Å²) in [5, 5.41) is 33.7. The lowest BCUT2D eigenvalue weighted by atomic mass is 10.1. The number of benzene rings is 1. The summed E-state index contributed by atoms with van der Waals surface area (Å²) >= 11 is 1.04. The van der Waals surface area contributed by atoms with E-state index in [0.29, 0.717) is 0 Å². The fourth-order valence-electron chi connectivity index (χ4n) is 2.61. The highest BCUT2D eigenvalue weighted by Crippen LogP contribution is 2.32. The molecule has 4 N–H and O–H groups in total. The number of carboxylic acids is 1. The number of carbonyl (C=O) groups excluding carboxylic acids is 1. The molecule has 3 aromatic rings. The topological polar surface area (TPSA) is 185 Å². The van der Waals surface area contributed by atoms with E-state index in [1.807, 2.05) is 0 Å². The van der Waals surface area contributed by atoms with E-state index in [1.54, 1.807) is 18.4 Å². The molecule has 0 aliphatic heterocycles. The van der Waals surface area contributed by atoms with Crippen LogP contribution in [0.1, 0.15) is 21.6 Å². The van der Waals surface area contributed by atoms with E-state index in [0.717, 1.165) is 16.9 Å². The van der Waals surface area contributed by atoms with Crippen LogP contribution in [0.5, 0.6) is 5.75 Å². The summed E-state index contributed by atoms with van der Waals surface area (Å²) in [7, 11) is 0. The predicted molar refractivity (Wildman–Crippen MR) is 108 cm³/mol. The van der Waals surface area contributed by atoms with E-state index in [1.165, 1.54) is 18.2 Å². The Morgan fingerprint density at radius 2 is 2.10 bits per heavy atom. The molecule has 0 fully saturated rings. The maximum atomic E-state index is 12.2. The van der Waals surface area contributed by atoms with Gasteiger partial charge in [-0.2, -0.15) is 0 Å². The van der Waals surface area contributed by atoms with E-state index >= 15 is 0 Å². The molecule has 2 heterocycles. The molecular formula is C18H14N4O8S. The van der Waals surface area contributed by atoms with Gasteiger partial charge in [0.1, 0.15) is 6.61 Å². The lowest BCUT2D eigenvalue weighted by Gasteiger charge is -2.09. The van der Waals surface area contributed by atoms with Crippen LogP contribution < -0.4 is 10.9 Å². The van der Waals surface area contributed by atoms with Gasteiger partial charge in [-0.05, 0) is 24.4 Å². The highest BCUT2D eigenvalue weighted by molar-refractivity contribution is 7.14. The van der Waals surface area contributed by atoms with E-state index in [4.69, 9.17) is 9.84 Å². The fourth-order valence-corrected chi connectivity index (χ4v) is 3.41. The van der Waals surface area contributed by atoms with Crippen molar-refractivity contribution in [2.75, 3.05) is 5.32 Å². The predicted octanol–water partition coefficient (Wildman–Crippen LogP) is 2.87. The lowest BCUT2D eigenvalue weighted by Crippen LogP contribution is -2.16. The van der Waals surface area contributed by atoms with Crippen molar-refractivity contribution in [2.24, 2.45) is 0 Å². The largest absolute Gasteiger partial charge is 0.501 e. The molecule has 0 atom stereocenters. The summed E-state index contributed by atoms with van der Waals surface area (Å²) in [5.41, 5.74) is -0.980. The van der Waals surface area contributed by atoms with E-state index < -0.39 is 34.0 Å². The molecule has 0 spiro atoms. The number of aromatic hydroxyl groups is 1. The van der Waals surface area contributed by atoms with Crippen LogP contribution in [0.3, 0.4) is 0 Å². The summed E-state index contributed by atoms with van der Waals surface area (Å²) in [6.45, 7) is 1.38. The number of nitro groups is 1. The second-order valence-corrected chi connectivity index (χ2v) is 7.09. The van der Waals surface area contributed by atoms with Crippen molar-refractivity contribution in [3.8, 4) is 16.5 Å². The maximum absolute atomic E-state index is 12.2. The number of nitro benzene ring substituents is 1. The van der Waals surface area contributed by atoms with E-state index in [-0.39, 0.29) is 34.2 Å². The summed E-state index contributed by atoms with van der Waals surface area (Å²) in [6.07, 6.45) is -0.935. The zero-order valence-corrected chi connectivity index (χ0v) is 16.6. The van der Waals surface area contributed by atoms with Crippen molar-refractivity contribution in [1.82, 2.24) is 9.97 Å². The first kappa shape index (κ1) is 21.4. The van der Waals surface area contributed by atoms with Gasteiger partial charge in [-0.15, -0.1) is 11.3 Å². The highest BCUT2D eigenvalue weighted by Gasteiger charge is 2.21. The molecular weight excluding hydrogens is 432 g/mol. The van der Waals surface area contributed by atoms with Crippen molar-refractivity contribution < 1.29 is 29.5 Å². The van der Waals surface area contributed by atoms with Crippen molar-refractivity contribution >= 4 is 34.8 Å². The average Bonchev–Trinajstić information content (AvgIpc) is 3.16. The number of thiophene rings is 1. The third kappa shape index (κ3) is 4.67. The number of carboxylic acid groups (broad SMARTS) is 1. The van der Waals surface area contributed by atoms with Crippen LogP contribution in [0, 0.1) is 17.0 Å². The summed E-state index contributed by atoms with van der Waals surface area (Å²) in [4.78, 5) is 51.9. The number of H-pyrrole nitrogens is 1. The van der Waals surface area contributed by atoms with Crippen molar-refractivity contribution in [3.05, 3.63) is 66.9 Å². The Labute approximate surface area is 176 Å². The number of carbonyl (C=O) groups is 2. The Morgan fingerprint density at radius 1 is 1.35 bits per heavy atom. The second kappa shape index (κ2) is 8.62. The van der Waals surface area contributed by atoms with Gasteiger partial charge in [0.15, 0.2) is 11.5 Å². The number of amides is 1. The fraction of sp³-hybridized carbons (Fsp3) is 0.111. The van der Waals surface area contributed by atoms with Gasteiger partial charge in [0.2, 0.25) is 5.75 Å². The maximum Gasteiger partial charge on any atom is 0.412 e. The van der Waals surface area contributed by atoms with Crippen LogP contribution in [0.25, 0.3) is 10.7 Å². The molecule has 0 bridgehead atoms. The Kier molecular flexibility index (Phi) is 5.97. The molecule has 3 rings (SSSR count). The number of nitrogens with zero attached hydrogens (tertiary/aromatic N) is 2. The second-order valence-electron chi connectivity index (χ2n) is 6.17.